The molecule has 0 spiro atoms. The van der Waals surface area contributed by atoms with Crippen molar-refractivity contribution in [3.05, 3.63) is 81.7 Å². The quantitative estimate of drug-likeness (QED) is 0.405. The number of anilines is 1. The number of carbonyl (C=O) groups is 3. The van der Waals surface area contributed by atoms with Crippen molar-refractivity contribution in [3.63, 3.8) is 0 Å². The van der Waals surface area contributed by atoms with Gasteiger partial charge in [0.25, 0.3) is 11.8 Å². The van der Waals surface area contributed by atoms with E-state index in [1.54, 1.807) is 0 Å². The predicted molar refractivity (Wildman–Crippen MR) is 160 cm³/mol. The molecule has 2 N–H and O–H groups in total. The molecule has 1 aliphatic rings. The molecule has 4 rings (SSSR count). The van der Waals surface area contributed by atoms with E-state index in [0.717, 1.165) is 22.5 Å². The maximum absolute atomic E-state index is 13.5. The van der Waals surface area contributed by atoms with E-state index in [-0.39, 0.29) is 28.6 Å². The van der Waals surface area contributed by atoms with Crippen molar-refractivity contribution < 1.29 is 22.8 Å². The minimum atomic E-state index is -3.83. The van der Waals surface area contributed by atoms with Crippen LogP contribution in [-0.2, 0) is 29.5 Å². The number of carbonyl (C=O) groups excluding carboxylic acids is 3. The van der Waals surface area contributed by atoms with E-state index in [1.165, 1.54) is 58.9 Å². The largest absolute Gasteiger partial charge is 0.331 e. The molecule has 0 atom stereocenters. The Labute approximate surface area is 245 Å². The number of hydrogen-bond donors (Lipinski definition) is 2. The van der Waals surface area contributed by atoms with E-state index in [2.05, 4.69) is 15.5 Å². The number of sulfonamides is 1. The second-order valence-electron chi connectivity index (χ2n) is 10.5. The number of amides is 4. The fourth-order valence-corrected chi connectivity index (χ4v) is 7.47. The van der Waals surface area contributed by atoms with Crippen molar-refractivity contribution >= 4 is 44.2 Å². The zero-order chi connectivity index (χ0) is 29.9. The highest BCUT2D eigenvalue weighted by Crippen LogP contribution is 2.37. The van der Waals surface area contributed by atoms with Crippen LogP contribution in [0.4, 0.5) is 9.80 Å². The fraction of sp³-hybridized carbons (Fsp3) is 0.345. The van der Waals surface area contributed by atoms with Gasteiger partial charge in [-0.15, -0.1) is 11.3 Å². The summed E-state index contributed by atoms with van der Waals surface area (Å²) in [5.41, 5.74) is 2.22. The average molecular weight is 598 g/mol. The average Bonchev–Trinajstić information content (AvgIpc) is 3.28. The van der Waals surface area contributed by atoms with Crippen LogP contribution in [0.1, 0.15) is 50.6 Å². The van der Waals surface area contributed by atoms with Gasteiger partial charge in [0.1, 0.15) is 5.00 Å². The fourth-order valence-electron chi connectivity index (χ4n) is 4.53. The molecule has 12 heteroatoms. The molecule has 0 aliphatic carbocycles. The number of fused-ring (bicyclic) bond motifs is 1. The van der Waals surface area contributed by atoms with Crippen LogP contribution in [0.5, 0.6) is 0 Å². The van der Waals surface area contributed by atoms with Crippen LogP contribution in [0.3, 0.4) is 0 Å². The first-order valence-electron chi connectivity index (χ1n) is 13.2. The highest BCUT2D eigenvalue weighted by atomic mass is 32.2. The Balaban J connectivity index is 1.57. The van der Waals surface area contributed by atoms with Gasteiger partial charge in [-0.05, 0) is 62.7 Å². The van der Waals surface area contributed by atoms with E-state index in [1.807, 2.05) is 51.2 Å². The van der Waals surface area contributed by atoms with E-state index in [9.17, 15) is 22.8 Å². The lowest BCUT2D eigenvalue weighted by Crippen LogP contribution is -2.39. The summed E-state index contributed by atoms with van der Waals surface area (Å²) in [6, 6.07) is 14.3. The topological polar surface area (TPSA) is 119 Å². The number of urea groups is 1. The van der Waals surface area contributed by atoms with Gasteiger partial charge >= 0.3 is 6.03 Å². The Bertz CT molecular complexity index is 1530. The minimum Gasteiger partial charge on any atom is -0.331 e. The van der Waals surface area contributed by atoms with Gasteiger partial charge in [0.2, 0.25) is 10.0 Å². The molecule has 2 heterocycles. The normalized spacial score (nSPS) is 13.6. The third-order valence-corrected chi connectivity index (χ3v) is 9.98. The zero-order valence-electron chi connectivity index (χ0n) is 23.8. The summed E-state index contributed by atoms with van der Waals surface area (Å²) < 4.78 is 28.4. The van der Waals surface area contributed by atoms with Gasteiger partial charge in [-0.1, -0.05) is 30.3 Å². The smallest absolute Gasteiger partial charge is 0.323 e. The molecule has 1 aromatic heterocycles. The standard InChI is InChI=1S/C29H35N5O5S2/c1-19(2)34(17-20-9-7-6-8-10-20)41(38,39)22-13-11-21(12-14-22)26(35)30-28-25(27(36)31-29(37)32(3)4)23-15-16-33(5)18-24(23)40-28/h6-14,19H,15-18H2,1-5H3,(H,30,35)(H,31,36,37). The number of hydrogen-bond acceptors (Lipinski definition) is 7. The second-order valence-corrected chi connectivity index (χ2v) is 13.5. The molecule has 4 amide bonds. The number of likely N-dealkylation sites (N-methyl/N-ethyl adjacent to an activating group) is 1. The molecular formula is C29H35N5O5S2. The molecule has 0 bridgehead atoms. The number of nitrogens with zero attached hydrogens (tertiary/aromatic N) is 3. The van der Waals surface area contributed by atoms with E-state index in [0.29, 0.717) is 18.0 Å². The molecule has 41 heavy (non-hydrogen) atoms. The minimum absolute atomic E-state index is 0.0792. The summed E-state index contributed by atoms with van der Waals surface area (Å²) in [5, 5.41) is 5.56. The van der Waals surface area contributed by atoms with Crippen LogP contribution in [0, 0.1) is 0 Å². The van der Waals surface area contributed by atoms with E-state index in [4.69, 9.17) is 0 Å². The van der Waals surface area contributed by atoms with E-state index < -0.39 is 27.9 Å². The molecule has 0 radical (unpaired) electrons. The lowest BCUT2D eigenvalue weighted by molar-refractivity contribution is 0.0956. The maximum Gasteiger partial charge on any atom is 0.323 e. The summed E-state index contributed by atoms with van der Waals surface area (Å²) in [6.45, 7) is 5.23. The predicted octanol–water partition coefficient (Wildman–Crippen LogP) is 4.00. The first-order valence-corrected chi connectivity index (χ1v) is 15.5. The lowest BCUT2D eigenvalue weighted by Gasteiger charge is -2.26. The van der Waals surface area contributed by atoms with Crippen LogP contribution in [0.15, 0.2) is 59.5 Å². The summed E-state index contributed by atoms with van der Waals surface area (Å²) in [4.78, 5) is 43.0. The van der Waals surface area contributed by atoms with Gasteiger partial charge in [0, 0.05) is 50.2 Å². The van der Waals surface area contributed by atoms with Crippen molar-refractivity contribution in [3.8, 4) is 0 Å². The van der Waals surface area contributed by atoms with Gasteiger partial charge in [0.05, 0.1) is 10.5 Å². The number of thiophene rings is 1. The van der Waals surface area contributed by atoms with Gasteiger partial charge in [-0.2, -0.15) is 4.31 Å². The summed E-state index contributed by atoms with van der Waals surface area (Å²) in [7, 11) is 1.22. The highest BCUT2D eigenvalue weighted by molar-refractivity contribution is 7.89. The van der Waals surface area contributed by atoms with Crippen LogP contribution >= 0.6 is 11.3 Å². The number of imide groups is 1. The first-order chi connectivity index (χ1) is 19.4. The number of benzene rings is 2. The SMILES string of the molecule is CC(C)N(Cc1ccccc1)S(=O)(=O)c1ccc(C(=O)Nc2sc3c(c2C(=O)NC(=O)N(C)C)CCN(C)C3)cc1. The van der Waals surface area contributed by atoms with E-state index >= 15 is 0 Å². The molecule has 0 saturated carbocycles. The van der Waals surface area contributed by atoms with Crippen molar-refractivity contribution in [2.75, 3.05) is 33.0 Å². The van der Waals surface area contributed by atoms with Crippen molar-refractivity contribution in [2.45, 2.75) is 44.3 Å². The summed E-state index contributed by atoms with van der Waals surface area (Å²) in [6.07, 6.45) is 0.610. The monoisotopic (exact) mass is 597 g/mol. The molecule has 218 valence electrons. The molecule has 0 unspecified atom stereocenters. The first kappa shape index (κ1) is 30.4. The van der Waals surface area contributed by atoms with Gasteiger partial charge in [-0.3, -0.25) is 14.9 Å². The maximum atomic E-state index is 13.5. The summed E-state index contributed by atoms with van der Waals surface area (Å²) in [5.74, 6) is -1.06. The van der Waals surface area contributed by atoms with Crippen LogP contribution in [0.25, 0.3) is 0 Å². The molecule has 0 saturated heterocycles. The Morgan fingerprint density at radius 3 is 2.27 bits per heavy atom. The third-order valence-electron chi connectivity index (χ3n) is 6.81. The molecular weight excluding hydrogens is 562 g/mol. The van der Waals surface area contributed by atoms with Crippen molar-refractivity contribution in [1.82, 2.24) is 19.4 Å². The number of rotatable bonds is 8. The second kappa shape index (κ2) is 12.5. The Morgan fingerprint density at radius 1 is 1.00 bits per heavy atom. The Hall–Kier alpha value is -3.58. The molecule has 1 aliphatic heterocycles. The van der Waals surface area contributed by atoms with Crippen LogP contribution in [-0.4, -0.2) is 74.1 Å². The number of nitrogens with one attached hydrogen (secondary N) is 2. The molecule has 10 nitrogen and oxygen atoms in total. The van der Waals surface area contributed by atoms with Crippen molar-refractivity contribution in [2.24, 2.45) is 0 Å². The molecule has 3 aromatic rings. The third kappa shape index (κ3) is 6.84. The molecule has 0 fully saturated rings. The zero-order valence-corrected chi connectivity index (χ0v) is 25.4. The molecule has 2 aromatic carbocycles. The lowest BCUT2D eigenvalue weighted by atomic mass is 10.0. The van der Waals surface area contributed by atoms with Gasteiger partial charge in [0.15, 0.2) is 0 Å². The van der Waals surface area contributed by atoms with Gasteiger partial charge < -0.3 is 15.1 Å². The summed E-state index contributed by atoms with van der Waals surface area (Å²) >= 11 is 1.31. The van der Waals surface area contributed by atoms with Crippen LogP contribution < -0.4 is 10.6 Å². The highest BCUT2D eigenvalue weighted by Gasteiger charge is 2.30. The van der Waals surface area contributed by atoms with Crippen LogP contribution in [0.2, 0.25) is 0 Å². The Morgan fingerprint density at radius 2 is 1.66 bits per heavy atom. The van der Waals surface area contributed by atoms with Crippen molar-refractivity contribution in [1.29, 1.82) is 0 Å². The van der Waals surface area contributed by atoms with Gasteiger partial charge in [-0.25, -0.2) is 13.2 Å². The Kier molecular flexibility index (Phi) is 9.27.